The van der Waals surface area contributed by atoms with Crippen LogP contribution in [-0.2, 0) is 16.0 Å². The Labute approximate surface area is 102 Å². The molecule has 2 rings (SSSR count). The van der Waals surface area contributed by atoms with Gasteiger partial charge in [-0.15, -0.1) is 0 Å². The molecule has 92 valence electrons. The Morgan fingerprint density at radius 2 is 2.06 bits per heavy atom. The number of hydrogen-bond acceptors (Lipinski definition) is 3. The van der Waals surface area contributed by atoms with Gasteiger partial charge < -0.3 is 4.74 Å². The van der Waals surface area contributed by atoms with Crippen LogP contribution in [0.4, 0.5) is 0 Å². The predicted molar refractivity (Wildman–Crippen MR) is 66.7 cm³/mol. The number of esters is 1. The molecule has 3 heteroatoms. The summed E-state index contributed by atoms with van der Waals surface area (Å²) < 4.78 is 4.85. The van der Waals surface area contributed by atoms with Crippen LogP contribution in [0.5, 0.6) is 0 Å². The maximum Gasteiger partial charge on any atom is 0.327 e. The zero-order chi connectivity index (χ0) is 12.3. The summed E-state index contributed by atoms with van der Waals surface area (Å²) in [6.45, 7) is 2.12. The van der Waals surface area contributed by atoms with E-state index in [1.165, 1.54) is 12.7 Å². The monoisotopic (exact) mass is 233 g/mol. The highest BCUT2D eigenvalue weighted by atomic mass is 16.5. The van der Waals surface area contributed by atoms with Crippen molar-refractivity contribution in [3.05, 3.63) is 35.4 Å². The summed E-state index contributed by atoms with van der Waals surface area (Å²) in [5, 5.41) is 3.32. The molecule has 1 aromatic rings. The van der Waals surface area contributed by atoms with E-state index in [0.717, 1.165) is 24.8 Å². The van der Waals surface area contributed by atoms with E-state index in [2.05, 4.69) is 24.4 Å². The summed E-state index contributed by atoms with van der Waals surface area (Å²) in [5.41, 5.74) is 2.27. The van der Waals surface area contributed by atoms with Crippen LogP contribution < -0.4 is 5.32 Å². The Balaban J connectivity index is 2.14. The average molecular weight is 233 g/mol. The fourth-order valence-corrected chi connectivity index (χ4v) is 1.85. The molecule has 0 aliphatic heterocycles. The minimum absolute atomic E-state index is 0.207. The highest BCUT2D eigenvalue weighted by molar-refractivity contribution is 5.77. The molecule has 0 aromatic heterocycles. The smallest absolute Gasteiger partial charge is 0.327 e. The van der Waals surface area contributed by atoms with Crippen molar-refractivity contribution in [1.29, 1.82) is 0 Å². The molecule has 0 spiro atoms. The zero-order valence-electron chi connectivity index (χ0n) is 10.4. The van der Waals surface area contributed by atoms with E-state index in [9.17, 15) is 4.79 Å². The van der Waals surface area contributed by atoms with Gasteiger partial charge in [0.2, 0.25) is 0 Å². The van der Waals surface area contributed by atoms with Crippen LogP contribution in [0.15, 0.2) is 24.3 Å². The van der Waals surface area contributed by atoms with Crippen molar-refractivity contribution < 1.29 is 9.53 Å². The van der Waals surface area contributed by atoms with Crippen LogP contribution in [0.1, 0.15) is 36.9 Å². The van der Waals surface area contributed by atoms with Gasteiger partial charge in [0.25, 0.3) is 0 Å². The molecular formula is C14H19NO2. The van der Waals surface area contributed by atoms with Crippen LogP contribution >= 0.6 is 0 Å². The summed E-state index contributed by atoms with van der Waals surface area (Å²) in [4.78, 5) is 11.7. The summed E-state index contributed by atoms with van der Waals surface area (Å²) in [6, 6.07) is 8.31. The maximum atomic E-state index is 11.7. The minimum Gasteiger partial charge on any atom is -0.468 e. The second-order valence-electron chi connectivity index (χ2n) is 4.49. The Kier molecular flexibility index (Phi) is 3.79. The molecule has 1 aliphatic rings. The number of aryl methyl sites for hydroxylation is 1. The van der Waals surface area contributed by atoms with Gasteiger partial charge in [-0.3, -0.25) is 5.32 Å². The highest BCUT2D eigenvalue weighted by Gasteiger charge is 2.29. The second kappa shape index (κ2) is 5.32. The first kappa shape index (κ1) is 12.1. The van der Waals surface area contributed by atoms with Crippen molar-refractivity contribution in [2.45, 2.75) is 38.3 Å². The lowest BCUT2D eigenvalue weighted by atomic mass is 10.0. The molecule has 0 radical (unpaired) electrons. The van der Waals surface area contributed by atoms with Gasteiger partial charge in [-0.1, -0.05) is 31.2 Å². The van der Waals surface area contributed by atoms with Crippen LogP contribution in [0, 0.1) is 0 Å². The number of benzene rings is 1. The molecular weight excluding hydrogens is 214 g/mol. The van der Waals surface area contributed by atoms with E-state index >= 15 is 0 Å². The molecule has 0 saturated heterocycles. The summed E-state index contributed by atoms with van der Waals surface area (Å²) in [6.07, 6.45) is 3.32. The predicted octanol–water partition coefficient (Wildman–Crippen LogP) is 2.22. The lowest BCUT2D eigenvalue weighted by molar-refractivity contribution is -0.143. The zero-order valence-corrected chi connectivity index (χ0v) is 10.4. The largest absolute Gasteiger partial charge is 0.468 e. The molecule has 1 fully saturated rings. The van der Waals surface area contributed by atoms with E-state index in [1.54, 1.807) is 0 Å². The van der Waals surface area contributed by atoms with E-state index in [0.29, 0.717) is 6.04 Å². The SMILES string of the molecule is CCc1ccc(C(NC2CC2)C(=O)OC)cc1. The van der Waals surface area contributed by atoms with Crippen molar-refractivity contribution in [2.75, 3.05) is 7.11 Å². The Bertz CT molecular complexity index is 382. The Morgan fingerprint density at radius 3 is 2.53 bits per heavy atom. The van der Waals surface area contributed by atoms with Crippen LogP contribution in [0.25, 0.3) is 0 Å². The third-order valence-electron chi connectivity index (χ3n) is 3.14. The summed E-state index contributed by atoms with van der Waals surface area (Å²) in [7, 11) is 1.43. The normalized spacial score (nSPS) is 16.6. The molecule has 3 nitrogen and oxygen atoms in total. The first-order chi connectivity index (χ1) is 8.24. The molecule has 1 unspecified atom stereocenters. The van der Waals surface area contributed by atoms with Crippen molar-refractivity contribution >= 4 is 5.97 Å². The molecule has 0 amide bonds. The molecule has 1 N–H and O–H groups in total. The lowest BCUT2D eigenvalue weighted by Gasteiger charge is -2.16. The first-order valence-electron chi connectivity index (χ1n) is 6.17. The van der Waals surface area contributed by atoms with Crippen molar-refractivity contribution in [3.8, 4) is 0 Å². The number of hydrogen-bond donors (Lipinski definition) is 1. The van der Waals surface area contributed by atoms with E-state index in [-0.39, 0.29) is 12.0 Å². The summed E-state index contributed by atoms with van der Waals surface area (Å²) in [5.74, 6) is -0.207. The van der Waals surface area contributed by atoms with Gasteiger partial charge in [0.05, 0.1) is 7.11 Å². The quantitative estimate of drug-likeness (QED) is 0.792. The van der Waals surface area contributed by atoms with E-state index in [1.807, 2.05) is 12.1 Å². The number of methoxy groups -OCH3 is 1. The van der Waals surface area contributed by atoms with Crippen LogP contribution in [0.3, 0.4) is 0 Å². The molecule has 0 bridgehead atoms. The van der Waals surface area contributed by atoms with Crippen molar-refractivity contribution in [2.24, 2.45) is 0 Å². The highest BCUT2D eigenvalue weighted by Crippen LogP contribution is 2.25. The third kappa shape index (κ3) is 3.07. The van der Waals surface area contributed by atoms with Crippen molar-refractivity contribution in [3.63, 3.8) is 0 Å². The Morgan fingerprint density at radius 1 is 1.41 bits per heavy atom. The van der Waals surface area contributed by atoms with Crippen LogP contribution in [-0.4, -0.2) is 19.1 Å². The molecule has 0 heterocycles. The van der Waals surface area contributed by atoms with E-state index < -0.39 is 0 Å². The molecule has 1 aliphatic carbocycles. The lowest BCUT2D eigenvalue weighted by Crippen LogP contribution is -2.31. The first-order valence-corrected chi connectivity index (χ1v) is 6.17. The van der Waals surface area contributed by atoms with Gasteiger partial charge in [-0.2, -0.15) is 0 Å². The van der Waals surface area contributed by atoms with Gasteiger partial charge in [0.15, 0.2) is 0 Å². The fourth-order valence-electron chi connectivity index (χ4n) is 1.85. The fraction of sp³-hybridized carbons (Fsp3) is 0.500. The minimum atomic E-state index is -0.321. The van der Waals surface area contributed by atoms with Crippen molar-refractivity contribution in [1.82, 2.24) is 5.32 Å². The van der Waals surface area contributed by atoms with Gasteiger partial charge >= 0.3 is 5.97 Å². The van der Waals surface area contributed by atoms with Gasteiger partial charge in [0.1, 0.15) is 6.04 Å². The number of nitrogens with one attached hydrogen (secondary N) is 1. The molecule has 1 saturated carbocycles. The molecule has 17 heavy (non-hydrogen) atoms. The third-order valence-corrected chi connectivity index (χ3v) is 3.14. The van der Waals surface area contributed by atoms with Gasteiger partial charge in [0, 0.05) is 6.04 Å². The summed E-state index contributed by atoms with van der Waals surface area (Å²) >= 11 is 0. The number of ether oxygens (including phenoxy) is 1. The average Bonchev–Trinajstić information content (AvgIpc) is 3.19. The number of rotatable bonds is 5. The molecule has 1 atom stereocenters. The second-order valence-corrected chi connectivity index (χ2v) is 4.49. The van der Waals surface area contributed by atoms with Crippen LogP contribution in [0.2, 0.25) is 0 Å². The number of carbonyl (C=O) groups is 1. The van der Waals surface area contributed by atoms with E-state index in [4.69, 9.17) is 4.74 Å². The maximum absolute atomic E-state index is 11.7. The molecule has 1 aromatic carbocycles. The van der Waals surface area contributed by atoms with Gasteiger partial charge in [-0.25, -0.2) is 4.79 Å². The standard InChI is InChI=1S/C14H19NO2/c1-3-10-4-6-11(7-5-10)13(14(16)17-2)15-12-8-9-12/h4-7,12-13,15H,3,8-9H2,1-2H3. The Hall–Kier alpha value is -1.35. The topological polar surface area (TPSA) is 38.3 Å². The number of carbonyl (C=O) groups excluding carboxylic acids is 1. The van der Waals surface area contributed by atoms with Gasteiger partial charge in [-0.05, 0) is 30.4 Å².